The first-order valence-electron chi connectivity index (χ1n) is 13.7. The summed E-state index contributed by atoms with van der Waals surface area (Å²) in [5, 5.41) is 12.4. The largest absolute Gasteiger partial charge is 0.416 e. The van der Waals surface area contributed by atoms with Gasteiger partial charge in [-0.1, -0.05) is 6.07 Å². The van der Waals surface area contributed by atoms with Crippen LogP contribution in [0.5, 0.6) is 0 Å². The van der Waals surface area contributed by atoms with Gasteiger partial charge in [-0.3, -0.25) is 9.59 Å². The van der Waals surface area contributed by atoms with Gasteiger partial charge in [-0.25, -0.2) is 15.0 Å². The number of morpholine rings is 1. The number of thiophene rings is 1. The van der Waals surface area contributed by atoms with Gasteiger partial charge in [0, 0.05) is 41.4 Å². The van der Waals surface area contributed by atoms with Crippen LogP contribution in [0.15, 0.2) is 48.1 Å². The Morgan fingerprint density at radius 2 is 1.79 bits per heavy atom. The standard InChI is InChI=1S/C29H28F3N7O3S/c1-16-2-3-20(13-23(16)37-28(41)22-14-43-25-24(22)33-15-34-26(25)35-19-4-5-19)36-27(40)17-10-18(29(30,31)32)12-21(11-17)38-39-6-8-42-9-7-39/h2-3,10-15,19,38H,4-9H2,1H3,(H,36,40)(H,37,41)(H,33,34,35). The summed E-state index contributed by atoms with van der Waals surface area (Å²) < 4.78 is 47.1. The number of ether oxygens (including phenoxy) is 1. The van der Waals surface area contributed by atoms with Crippen LogP contribution in [-0.4, -0.2) is 59.1 Å². The molecule has 0 radical (unpaired) electrons. The lowest BCUT2D eigenvalue weighted by Gasteiger charge is -2.28. The number of anilines is 4. The summed E-state index contributed by atoms with van der Waals surface area (Å²) in [5.74, 6) is -0.408. The van der Waals surface area contributed by atoms with E-state index in [0.717, 1.165) is 35.2 Å². The number of amides is 2. The van der Waals surface area contributed by atoms with Crippen molar-refractivity contribution in [2.75, 3.05) is 47.7 Å². The van der Waals surface area contributed by atoms with Gasteiger partial charge in [0.05, 0.1) is 40.2 Å². The zero-order chi connectivity index (χ0) is 30.1. The number of halogens is 3. The summed E-state index contributed by atoms with van der Waals surface area (Å²) in [7, 11) is 0. The van der Waals surface area contributed by atoms with E-state index in [1.54, 1.807) is 35.5 Å². The maximum Gasteiger partial charge on any atom is 0.416 e. The van der Waals surface area contributed by atoms with Gasteiger partial charge < -0.3 is 26.1 Å². The summed E-state index contributed by atoms with van der Waals surface area (Å²) in [4.78, 5) is 35.1. The highest BCUT2D eigenvalue weighted by Crippen LogP contribution is 2.34. The normalized spacial score (nSPS) is 15.7. The molecule has 1 saturated carbocycles. The van der Waals surface area contributed by atoms with Crippen LogP contribution >= 0.6 is 11.3 Å². The molecule has 4 N–H and O–H groups in total. The molecule has 3 heterocycles. The summed E-state index contributed by atoms with van der Waals surface area (Å²) >= 11 is 1.38. The molecule has 10 nitrogen and oxygen atoms in total. The average molecular weight is 612 g/mol. The van der Waals surface area contributed by atoms with Gasteiger partial charge in [0.2, 0.25) is 0 Å². The highest BCUT2D eigenvalue weighted by atomic mass is 32.1. The van der Waals surface area contributed by atoms with Gasteiger partial charge in [0.15, 0.2) is 0 Å². The number of carbonyl (C=O) groups excluding carboxylic acids is 2. The van der Waals surface area contributed by atoms with Crippen LogP contribution in [0.4, 0.5) is 36.1 Å². The quantitative estimate of drug-likeness (QED) is 0.199. The molecule has 2 amide bonds. The molecule has 224 valence electrons. The fraction of sp³-hybridized carbons (Fsp3) is 0.310. The van der Waals surface area contributed by atoms with E-state index in [4.69, 9.17) is 4.74 Å². The molecule has 1 aliphatic heterocycles. The predicted molar refractivity (Wildman–Crippen MR) is 159 cm³/mol. The number of aromatic nitrogens is 2. The van der Waals surface area contributed by atoms with Gasteiger partial charge in [0.1, 0.15) is 12.1 Å². The van der Waals surface area contributed by atoms with E-state index >= 15 is 0 Å². The molecule has 1 aliphatic carbocycles. The van der Waals surface area contributed by atoms with Crippen LogP contribution in [0.3, 0.4) is 0 Å². The molecule has 0 unspecified atom stereocenters. The number of hydrogen-bond acceptors (Lipinski definition) is 9. The van der Waals surface area contributed by atoms with Crippen LogP contribution in [0.2, 0.25) is 0 Å². The van der Waals surface area contributed by atoms with Crippen molar-refractivity contribution < 1.29 is 27.5 Å². The van der Waals surface area contributed by atoms with Crippen molar-refractivity contribution in [1.82, 2.24) is 15.0 Å². The topological polar surface area (TPSA) is 121 Å². The lowest BCUT2D eigenvalue weighted by Crippen LogP contribution is -2.40. The molecule has 2 fully saturated rings. The summed E-state index contributed by atoms with van der Waals surface area (Å²) in [6.45, 7) is 3.66. The molecule has 4 aromatic rings. The van der Waals surface area contributed by atoms with E-state index in [1.807, 2.05) is 0 Å². The van der Waals surface area contributed by atoms with Gasteiger partial charge in [0.25, 0.3) is 11.8 Å². The fourth-order valence-corrected chi connectivity index (χ4v) is 5.56. The molecule has 0 spiro atoms. The van der Waals surface area contributed by atoms with Crippen molar-refractivity contribution in [3.05, 3.63) is 70.4 Å². The minimum Gasteiger partial charge on any atom is -0.379 e. The second-order valence-electron chi connectivity index (χ2n) is 10.4. The first-order valence-corrected chi connectivity index (χ1v) is 14.6. The summed E-state index contributed by atoms with van der Waals surface area (Å²) in [6.07, 6.45) is -1.06. The van der Waals surface area contributed by atoms with Crippen molar-refractivity contribution in [3.63, 3.8) is 0 Å². The van der Waals surface area contributed by atoms with Crippen LogP contribution in [0, 0.1) is 6.92 Å². The monoisotopic (exact) mass is 611 g/mol. The number of benzene rings is 2. The molecule has 0 atom stereocenters. The number of nitrogens with zero attached hydrogens (tertiary/aromatic N) is 3. The number of nitrogens with one attached hydrogen (secondary N) is 4. The third kappa shape index (κ3) is 6.71. The second kappa shape index (κ2) is 11.8. The lowest BCUT2D eigenvalue weighted by atomic mass is 10.1. The van der Waals surface area contributed by atoms with Crippen molar-refractivity contribution in [2.24, 2.45) is 0 Å². The number of fused-ring (bicyclic) bond motifs is 1. The predicted octanol–water partition coefficient (Wildman–Crippen LogP) is 5.76. The molecule has 43 heavy (non-hydrogen) atoms. The Labute approximate surface area is 248 Å². The molecule has 14 heteroatoms. The van der Waals surface area contributed by atoms with E-state index in [-0.39, 0.29) is 17.2 Å². The zero-order valence-electron chi connectivity index (χ0n) is 23.0. The van der Waals surface area contributed by atoms with Crippen molar-refractivity contribution in [1.29, 1.82) is 0 Å². The SMILES string of the molecule is Cc1ccc(NC(=O)c2cc(NN3CCOCC3)cc(C(F)(F)F)c2)cc1NC(=O)c1csc2c(NC3CC3)ncnc12. The Bertz CT molecular complexity index is 1680. The Morgan fingerprint density at radius 3 is 2.53 bits per heavy atom. The van der Waals surface area contributed by atoms with E-state index < -0.39 is 17.6 Å². The lowest BCUT2D eigenvalue weighted by molar-refractivity contribution is -0.137. The molecule has 1 saturated heterocycles. The van der Waals surface area contributed by atoms with E-state index in [1.165, 1.54) is 23.7 Å². The van der Waals surface area contributed by atoms with Gasteiger partial charge in [-0.05, 0) is 55.7 Å². The van der Waals surface area contributed by atoms with Crippen molar-refractivity contribution >= 4 is 56.2 Å². The molecule has 2 aliphatic rings. The van der Waals surface area contributed by atoms with Gasteiger partial charge >= 0.3 is 6.18 Å². The third-order valence-corrected chi connectivity index (χ3v) is 8.06. The first-order chi connectivity index (χ1) is 20.6. The van der Waals surface area contributed by atoms with E-state index in [9.17, 15) is 22.8 Å². The van der Waals surface area contributed by atoms with E-state index in [2.05, 4.69) is 31.3 Å². The number of hydrazine groups is 1. The molecule has 2 aromatic heterocycles. The highest BCUT2D eigenvalue weighted by molar-refractivity contribution is 7.18. The third-order valence-electron chi connectivity index (χ3n) is 7.08. The molecular formula is C29H28F3N7O3S. The minimum absolute atomic E-state index is 0.140. The number of rotatable bonds is 8. The van der Waals surface area contributed by atoms with Crippen LogP contribution in [-0.2, 0) is 10.9 Å². The Hall–Kier alpha value is -4.27. The van der Waals surface area contributed by atoms with Crippen LogP contribution in [0.1, 0.15) is 44.7 Å². The summed E-state index contributed by atoms with van der Waals surface area (Å²) in [6, 6.07) is 8.42. The average Bonchev–Trinajstić information content (AvgIpc) is 3.69. The first kappa shape index (κ1) is 28.8. The molecule has 0 bridgehead atoms. The minimum atomic E-state index is -4.65. The molecular weight excluding hydrogens is 583 g/mol. The second-order valence-corrected chi connectivity index (χ2v) is 11.3. The number of hydrogen-bond donors (Lipinski definition) is 4. The number of aryl methyl sites for hydroxylation is 1. The Kier molecular flexibility index (Phi) is 7.90. The smallest absolute Gasteiger partial charge is 0.379 e. The summed E-state index contributed by atoms with van der Waals surface area (Å²) in [5.41, 5.74) is 4.36. The Balaban J connectivity index is 1.20. The van der Waals surface area contributed by atoms with Crippen LogP contribution in [0.25, 0.3) is 10.2 Å². The Morgan fingerprint density at radius 1 is 1.00 bits per heavy atom. The van der Waals surface area contributed by atoms with Gasteiger partial charge in [-0.2, -0.15) is 13.2 Å². The highest BCUT2D eigenvalue weighted by Gasteiger charge is 2.32. The fourth-order valence-electron chi connectivity index (χ4n) is 4.61. The molecule has 6 rings (SSSR count). The van der Waals surface area contributed by atoms with Gasteiger partial charge in [-0.15, -0.1) is 11.3 Å². The van der Waals surface area contributed by atoms with E-state index in [0.29, 0.717) is 60.6 Å². The molecule has 2 aromatic carbocycles. The number of alkyl halides is 3. The zero-order valence-corrected chi connectivity index (χ0v) is 23.9. The van der Waals surface area contributed by atoms with Crippen molar-refractivity contribution in [2.45, 2.75) is 32.0 Å². The van der Waals surface area contributed by atoms with Crippen molar-refractivity contribution in [3.8, 4) is 0 Å². The maximum absolute atomic E-state index is 13.7. The number of carbonyl (C=O) groups is 2. The maximum atomic E-state index is 13.7. The van der Waals surface area contributed by atoms with Crippen LogP contribution < -0.4 is 21.4 Å².